The summed E-state index contributed by atoms with van der Waals surface area (Å²) in [6.07, 6.45) is 0. The molecule has 0 saturated heterocycles. The van der Waals surface area contributed by atoms with Gasteiger partial charge in [0.05, 0.1) is 35.0 Å². The van der Waals surface area contributed by atoms with Gasteiger partial charge in [0.1, 0.15) is 17.4 Å². The van der Waals surface area contributed by atoms with E-state index in [4.69, 9.17) is 15.2 Å². The third-order valence-electron chi connectivity index (χ3n) is 5.07. The lowest BCUT2D eigenvalue weighted by atomic mass is 9.84. The molecule has 31 heavy (non-hydrogen) atoms. The van der Waals surface area contributed by atoms with Crippen LogP contribution in [0.1, 0.15) is 40.0 Å². The predicted molar refractivity (Wildman–Crippen MR) is 112 cm³/mol. The van der Waals surface area contributed by atoms with E-state index >= 15 is 0 Å². The first kappa shape index (κ1) is 20.0. The zero-order valence-electron chi connectivity index (χ0n) is 17.0. The van der Waals surface area contributed by atoms with Crippen LogP contribution in [0.2, 0.25) is 0 Å². The minimum Gasteiger partial charge on any atom is -0.494 e. The largest absolute Gasteiger partial charge is 0.494 e. The van der Waals surface area contributed by atoms with Crippen molar-refractivity contribution in [2.75, 3.05) is 6.61 Å². The molecule has 8 heteroatoms. The van der Waals surface area contributed by atoms with E-state index in [1.54, 1.807) is 12.1 Å². The summed E-state index contributed by atoms with van der Waals surface area (Å²) in [4.78, 5) is 11.4. The molecule has 0 fully saturated rings. The van der Waals surface area contributed by atoms with Crippen molar-refractivity contribution in [2.24, 2.45) is 5.73 Å². The highest BCUT2D eigenvalue weighted by atomic mass is 16.5. The van der Waals surface area contributed by atoms with Crippen LogP contribution in [0.5, 0.6) is 11.6 Å². The maximum absolute atomic E-state index is 11.4. The summed E-state index contributed by atoms with van der Waals surface area (Å²) in [5, 5.41) is 23.7. The lowest BCUT2D eigenvalue weighted by molar-refractivity contribution is 0.0697. The summed E-state index contributed by atoms with van der Waals surface area (Å²) in [6.45, 7) is 4.23. The predicted octanol–water partition coefficient (Wildman–Crippen LogP) is 3.50. The smallest absolute Gasteiger partial charge is 0.335 e. The number of carboxylic acid groups (broad SMARTS) is 1. The minimum atomic E-state index is -1.04. The molecule has 1 unspecified atom stereocenters. The molecule has 3 aromatic rings. The van der Waals surface area contributed by atoms with Crippen molar-refractivity contribution >= 4 is 5.97 Å². The second-order valence-electron chi connectivity index (χ2n) is 7.00. The summed E-state index contributed by atoms with van der Waals surface area (Å²) >= 11 is 0. The number of hydrogen-bond donors (Lipinski definition) is 2. The molecule has 2 heterocycles. The molecule has 2 aromatic carbocycles. The average molecular weight is 416 g/mol. The Morgan fingerprint density at radius 2 is 2.10 bits per heavy atom. The Morgan fingerprint density at radius 1 is 1.32 bits per heavy atom. The van der Waals surface area contributed by atoms with Crippen molar-refractivity contribution < 1.29 is 19.4 Å². The molecule has 3 N–H and O–H groups in total. The molecule has 1 atom stereocenters. The Balaban J connectivity index is 1.91. The van der Waals surface area contributed by atoms with Gasteiger partial charge in [0, 0.05) is 0 Å². The standard InChI is InChI=1S/C23H20N4O4/c1-3-30-17-9-5-6-14(11-17)20-18(12-24)21(25)31-22-19(20)13(2)26-27(22)16-8-4-7-15(10-16)23(28)29/h4-11,20H,3,25H2,1-2H3,(H,28,29). The number of nitriles is 1. The lowest BCUT2D eigenvalue weighted by Crippen LogP contribution is -2.22. The van der Waals surface area contributed by atoms with E-state index < -0.39 is 11.9 Å². The van der Waals surface area contributed by atoms with Crippen LogP contribution >= 0.6 is 0 Å². The van der Waals surface area contributed by atoms with Gasteiger partial charge < -0.3 is 20.3 Å². The Hall–Kier alpha value is -4.25. The molecule has 0 radical (unpaired) electrons. The maximum atomic E-state index is 11.4. The highest BCUT2D eigenvalue weighted by Crippen LogP contribution is 2.45. The Labute approximate surface area is 178 Å². The number of aromatic carboxylic acids is 1. The molecule has 1 aliphatic heterocycles. The van der Waals surface area contributed by atoms with E-state index in [-0.39, 0.29) is 17.0 Å². The topological polar surface area (TPSA) is 123 Å². The number of aryl methyl sites for hydroxylation is 1. The number of aromatic nitrogens is 2. The Kier molecular flexibility index (Phi) is 5.09. The first-order valence-corrected chi connectivity index (χ1v) is 9.68. The number of nitrogens with zero attached hydrogens (tertiary/aromatic N) is 3. The van der Waals surface area contributed by atoms with Crippen LogP contribution in [-0.4, -0.2) is 27.5 Å². The SMILES string of the molecule is CCOc1cccc(C2C(C#N)=C(N)Oc3c2c(C)nn3-c2cccc(C(=O)O)c2)c1. The number of fused-ring (bicyclic) bond motifs is 1. The fraction of sp³-hybridized carbons (Fsp3) is 0.174. The van der Waals surface area contributed by atoms with Crippen LogP contribution in [-0.2, 0) is 0 Å². The molecule has 1 aliphatic rings. The number of hydrogen-bond acceptors (Lipinski definition) is 6. The van der Waals surface area contributed by atoms with Gasteiger partial charge in [-0.3, -0.25) is 0 Å². The summed E-state index contributed by atoms with van der Waals surface area (Å²) in [7, 11) is 0. The normalized spacial score (nSPS) is 15.1. The van der Waals surface area contributed by atoms with E-state index in [2.05, 4.69) is 11.2 Å². The van der Waals surface area contributed by atoms with Gasteiger partial charge in [-0.1, -0.05) is 18.2 Å². The molecule has 1 aromatic heterocycles. The zero-order chi connectivity index (χ0) is 22.1. The molecule has 4 rings (SSSR count). The van der Waals surface area contributed by atoms with Crippen molar-refractivity contribution in [3.8, 4) is 23.4 Å². The van der Waals surface area contributed by atoms with Gasteiger partial charge in [-0.2, -0.15) is 10.4 Å². The lowest BCUT2D eigenvalue weighted by Gasteiger charge is -2.25. The minimum absolute atomic E-state index is 0.0163. The van der Waals surface area contributed by atoms with Gasteiger partial charge in [0.15, 0.2) is 0 Å². The number of nitrogens with two attached hydrogens (primary N) is 1. The van der Waals surface area contributed by atoms with Crippen molar-refractivity contribution in [2.45, 2.75) is 19.8 Å². The van der Waals surface area contributed by atoms with E-state index in [9.17, 15) is 15.2 Å². The highest BCUT2D eigenvalue weighted by molar-refractivity contribution is 5.88. The molecule has 0 bridgehead atoms. The van der Waals surface area contributed by atoms with Gasteiger partial charge in [0.2, 0.25) is 11.8 Å². The molecular weight excluding hydrogens is 396 g/mol. The molecule has 156 valence electrons. The van der Waals surface area contributed by atoms with Crippen LogP contribution < -0.4 is 15.2 Å². The first-order valence-electron chi connectivity index (χ1n) is 9.68. The second-order valence-corrected chi connectivity index (χ2v) is 7.00. The molecular formula is C23H20N4O4. The van der Waals surface area contributed by atoms with Crippen LogP contribution in [0.4, 0.5) is 0 Å². The van der Waals surface area contributed by atoms with Crippen molar-refractivity contribution in [3.63, 3.8) is 0 Å². The van der Waals surface area contributed by atoms with E-state index in [0.717, 1.165) is 5.56 Å². The third-order valence-corrected chi connectivity index (χ3v) is 5.07. The van der Waals surface area contributed by atoms with E-state index in [1.165, 1.54) is 16.8 Å². The quantitative estimate of drug-likeness (QED) is 0.652. The van der Waals surface area contributed by atoms with Crippen LogP contribution in [0.3, 0.4) is 0 Å². The van der Waals surface area contributed by atoms with Crippen molar-refractivity contribution in [3.05, 3.63) is 82.4 Å². The molecule has 0 spiro atoms. The highest BCUT2D eigenvalue weighted by Gasteiger charge is 2.36. The molecule has 0 amide bonds. The number of allylic oxidation sites excluding steroid dienone is 1. The maximum Gasteiger partial charge on any atom is 0.335 e. The van der Waals surface area contributed by atoms with Crippen molar-refractivity contribution in [1.29, 1.82) is 5.26 Å². The van der Waals surface area contributed by atoms with E-state index in [1.807, 2.05) is 38.1 Å². The van der Waals surface area contributed by atoms with Gasteiger partial charge in [0.25, 0.3) is 0 Å². The number of carboxylic acids is 1. The third kappa shape index (κ3) is 3.46. The summed E-state index contributed by atoms with van der Waals surface area (Å²) < 4.78 is 13.0. The summed E-state index contributed by atoms with van der Waals surface area (Å²) in [5.41, 5.74) is 9.20. The van der Waals surface area contributed by atoms with Crippen LogP contribution in [0.15, 0.2) is 60.0 Å². The van der Waals surface area contributed by atoms with Crippen LogP contribution in [0.25, 0.3) is 5.69 Å². The number of benzene rings is 2. The van der Waals surface area contributed by atoms with Gasteiger partial charge in [-0.05, 0) is 49.7 Å². The number of rotatable bonds is 5. The van der Waals surface area contributed by atoms with Gasteiger partial charge in [-0.15, -0.1) is 0 Å². The second kappa shape index (κ2) is 7.88. The first-order chi connectivity index (χ1) is 14.9. The molecule has 0 aliphatic carbocycles. The monoisotopic (exact) mass is 416 g/mol. The average Bonchev–Trinajstić information content (AvgIpc) is 3.09. The zero-order valence-corrected chi connectivity index (χ0v) is 17.0. The van der Waals surface area contributed by atoms with Crippen LogP contribution in [0, 0.1) is 18.3 Å². The number of carbonyl (C=O) groups is 1. The van der Waals surface area contributed by atoms with Gasteiger partial charge in [-0.25, -0.2) is 9.48 Å². The van der Waals surface area contributed by atoms with E-state index in [0.29, 0.717) is 35.2 Å². The Morgan fingerprint density at radius 3 is 2.81 bits per heavy atom. The van der Waals surface area contributed by atoms with Gasteiger partial charge >= 0.3 is 5.97 Å². The fourth-order valence-corrected chi connectivity index (χ4v) is 3.74. The number of ether oxygens (including phenoxy) is 2. The summed E-state index contributed by atoms with van der Waals surface area (Å²) in [6, 6.07) is 16.0. The molecule has 8 nitrogen and oxygen atoms in total. The fourth-order valence-electron chi connectivity index (χ4n) is 3.74. The van der Waals surface area contributed by atoms with Crippen molar-refractivity contribution in [1.82, 2.24) is 9.78 Å². The summed E-state index contributed by atoms with van der Waals surface area (Å²) in [5.74, 6) is -0.522. The molecule has 0 saturated carbocycles. The Bertz CT molecular complexity index is 1250.